The summed E-state index contributed by atoms with van der Waals surface area (Å²) in [7, 11) is -2.38. The van der Waals surface area contributed by atoms with Crippen LogP contribution >= 0.6 is 12.4 Å². The van der Waals surface area contributed by atoms with Gasteiger partial charge in [-0.2, -0.15) is 0 Å². The van der Waals surface area contributed by atoms with Crippen LogP contribution in [0.4, 0.5) is 0 Å². The number of hydrogen-bond donors (Lipinski definition) is 2. The average molecular weight is 351 g/mol. The Kier molecular flexibility index (Phi) is 8.62. The number of carbonyl (C=O) groups is 1. The van der Waals surface area contributed by atoms with Crippen molar-refractivity contribution < 1.29 is 17.9 Å². The summed E-state index contributed by atoms with van der Waals surface area (Å²) in [4.78, 5) is 11.4. The molecule has 0 bridgehead atoms. The number of nitrogens with two attached hydrogens (primary N) is 1. The molecule has 1 rings (SSSR count). The number of nitrogens with one attached hydrogen (secondary N) is 1. The first-order valence-corrected chi connectivity index (χ1v) is 8.19. The van der Waals surface area contributed by atoms with Crippen molar-refractivity contribution in [1.29, 1.82) is 0 Å². The quantitative estimate of drug-likeness (QED) is 0.727. The van der Waals surface area contributed by atoms with E-state index in [-0.39, 0.29) is 29.9 Å². The van der Waals surface area contributed by atoms with Crippen molar-refractivity contribution in [2.24, 2.45) is 11.7 Å². The third kappa shape index (κ3) is 5.92. The van der Waals surface area contributed by atoms with Crippen LogP contribution in [0.2, 0.25) is 0 Å². The molecule has 22 heavy (non-hydrogen) atoms. The Hall–Kier alpha value is -1.15. The highest BCUT2D eigenvalue weighted by atomic mass is 35.5. The molecule has 0 heterocycles. The Morgan fingerprint density at radius 2 is 1.82 bits per heavy atom. The number of rotatable bonds is 7. The number of methoxy groups -OCH3 is 1. The van der Waals surface area contributed by atoms with E-state index in [9.17, 15) is 13.2 Å². The molecule has 8 heteroatoms. The Bertz CT molecular complexity index is 573. The van der Waals surface area contributed by atoms with Gasteiger partial charge < -0.3 is 10.5 Å². The number of halogens is 1. The molecule has 0 fully saturated rings. The van der Waals surface area contributed by atoms with Gasteiger partial charge in [0.1, 0.15) is 0 Å². The normalized spacial score (nSPS) is 12.6. The molecule has 0 saturated heterocycles. The van der Waals surface area contributed by atoms with Crippen LogP contribution in [0, 0.1) is 5.92 Å². The summed E-state index contributed by atoms with van der Waals surface area (Å²) in [5.74, 6) is -0.172. The molecule has 1 aromatic carbocycles. The van der Waals surface area contributed by atoms with Crippen molar-refractivity contribution in [3.8, 4) is 0 Å². The molecule has 1 unspecified atom stereocenters. The van der Waals surface area contributed by atoms with Crippen LogP contribution in [-0.2, 0) is 14.8 Å². The van der Waals surface area contributed by atoms with Crippen LogP contribution in [0.1, 0.15) is 30.6 Å². The average Bonchev–Trinajstić information content (AvgIpc) is 2.45. The standard InChI is InChI=1S/C14H22N2O4S.ClH/c1-10(2)8-12(9-15)16-21(18,19)13-6-4-11(5-7-13)14(17)20-3;/h4-7,10,12,16H,8-9,15H2,1-3H3;1H. The molecule has 0 spiro atoms. The van der Waals surface area contributed by atoms with Gasteiger partial charge in [-0.05, 0) is 36.6 Å². The number of hydrogen-bond acceptors (Lipinski definition) is 5. The molecular formula is C14H23ClN2O4S. The summed E-state index contributed by atoms with van der Waals surface area (Å²) in [5.41, 5.74) is 5.90. The molecular weight excluding hydrogens is 328 g/mol. The first kappa shape index (κ1) is 20.9. The molecule has 6 nitrogen and oxygen atoms in total. The Morgan fingerprint density at radius 1 is 1.27 bits per heavy atom. The fourth-order valence-corrected chi connectivity index (χ4v) is 3.20. The second-order valence-electron chi connectivity index (χ2n) is 5.20. The van der Waals surface area contributed by atoms with Gasteiger partial charge in [0.15, 0.2) is 0 Å². The summed E-state index contributed by atoms with van der Waals surface area (Å²) in [6.45, 7) is 4.24. The van der Waals surface area contributed by atoms with E-state index < -0.39 is 16.0 Å². The molecule has 0 amide bonds. The maximum absolute atomic E-state index is 12.3. The fourth-order valence-electron chi connectivity index (χ4n) is 1.94. The van der Waals surface area contributed by atoms with Crippen LogP contribution in [0.3, 0.4) is 0 Å². The summed E-state index contributed by atoms with van der Waals surface area (Å²) in [5, 5.41) is 0. The minimum atomic E-state index is -3.65. The topological polar surface area (TPSA) is 98.5 Å². The van der Waals surface area contributed by atoms with E-state index in [1.807, 2.05) is 13.8 Å². The van der Waals surface area contributed by atoms with Gasteiger partial charge in [-0.25, -0.2) is 17.9 Å². The second kappa shape index (κ2) is 9.09. The maximum atomic E-state index is 12.3. The van der Waals surface area contributed by atoms with E-state index in [4.69, 9.17) is 5.73 Å². The van der Waals surface area contributed by atoms with Crippen molar-refractivity contribution in [3.05, 3.63) is 29.8 Å². The zero-order valence-electron chi connectivity index (χ0n) is 12.9. The van der Waals surface area contributed by atoms with Crippen LogP contribution in [0.5, 0.6) is 0 Å². The lowest BCUT2D eigenvalue weighted by Crippen LogP contribution is -2.40. The lowest BCUT2D eigenvalue weighted by Gasteiger charge is -2.18. The molecule has 1 aromatic rings. The largest absolute Gasteiger partial charge is 0.465 e. The Labute approximate surface area is 137 Å². The third-order valence-electron chi connectivity index (χ3n) is 2.95. The highest BCUT2D eigenvalue weighted by Crippen LogP contribution is 2.13. The van der Waals surface area contributed by atoms with Gasteiger partial charge >= 0.3 is 5.97 Å². The molecule has 0 saturated carbocycles. The van der Waals surface area contributed by atoms with E-state index in [2.05, 4.69) is 9.46 Å². The van der Waals surface area contributed by atoms with E-state index in [0.717, 1.165) is 0 Å². The van der Waals surface area contributed by atoms with Crippen molar-refractivity contribution in [2.45, 2.75) is 31.2 Å². The SMILES string of the molecule is COC(=O)c1ccc(S(=O)(=O)NC(CN)CC(C)C)cc1.Cl. The molecule has 0 aliphatic heterocycles. The van der Waals surface area contributed by atoms with Gasteiger partial charge in [-0.3, -0.25) is 0 Å². The molecule has 1 atom stereocenters. The van der Waals surface area contributed by atoms with E-state index in [1.54, 1.807) is 0 Å². The van der Waals surface area contributed by atoms with Gasteiger partial charge in [0.25, 0.3) is 0 Å². The summed E-state index contributed by atoms with van der Waals surface area (Å²) < 4.78 is 31.7. The predicted octanol–water partition coefficient (Wildman–Crippen LogP) is 1.55. The van der Waals surface area contributed by atoms with Crippen molar-refractivity contribution in [1.82, 2.24) is 4.72 Å². The number of carbonyl (C=O) groups excluding carboxylic acids is 1. The van der Waals surface area contributed by atoms with Gasteiger partial charge in [0.05, 0.1) is 17.6 Å². The summed E-state index contributed by atoms with van der Waals surface area (Å²) in [6, 6.07) is 5.27. The smallest absolute Gasteiger partial charge is 0.337 e. The van der Waals surface area contributed by atoms with Crippen LogP contribution in [-0.4, -0.2) is 34.1 Å². The van der Waals surface area contributed by atoms with Gasteiger partial charge in [-0.15, -0.1) is 12.4 Å². The van der Waals surface area contributed by atoms with Crippen molar-refractivity contribution in [2.75, 3.05) is 13.7 Å². The molecule has 0 aliphatic carbocycles. The Balaban J connectivity index is 0.00000441. The van der Waals surface area contributed by atoms with E-state index in [1.165, 1.54) is 31.4 Å². The van der Waals surface area contributed by atoms with E-state index >= 15 is 0 Å². The first-order valence-electron chi connectivity index (χ1n) is 6.71. The predicted molar refractivity (Wildman–Crippen MR) is 87.6 cm³/mol. The van der Waals surface area contributed by atoms with Crippen molar-refractivity contribution in [3.63, 3.8) is 0 Å². The zero-order chi connectivity index (χ0) is 16.0. The lowest BCUT2D eigenvalue weighted by atomic mass is 10.1. The van der Waals surface area contributed by atoms with Crippen LogP contribution in [0.25, 0.3) is 0 Å². The van der Waals surface area contributed by atoms with Gasteiger partial charge in [-0.1, -0.05) is 13.8 Å². The Morgan fingerprint density at radius 3 is 2.23 bits per heavy atom. The van der Waals surface area contributed by atoms with Crippen LogP contribution < -0.4 is 10.5 Å². The second-order valence-corrected chi connectivity index (χ2v) is 6.91. The fraction of sp³-hybridized carbons (Fsp3) is 0.500. The van der Waals surface area contributed by atoms with Gasteiger partial charge in [0.2, 0.25) is 10.0 Å². The third-order valence-corrected chi connectivity index (χ3v) is 4.48. The van der Waals surface area contributed by atoms with Crippen molar-refractivity contribution >= 4 is 28.4 Å². The van der Waals surface area contributed by atoms with Crippen LogP contribution in [0.15, 0.2) is 29.2 Å². The lowest BCUT2D eigenvalue weighted by molar-refractivity contribution is 0.0600. The number of ether oxygens (including phenoxy) is 1. The number of benzene rings is 1. The molecule has 0 radical (unpaired) electrons. The monoisotopic (exact) mass is 350 g/mol. The summed E-state index contributed by atoms with van der Waals surface area (Å²) in [6.07, 6.45) is 0.663. The first-order chi connectivity index (χ1) is 9.80. The number of esters is 1. The highest BCUT2D eigenvalue weighted by Gasteiger charge is 2.20. The highest BCUT2D eigenvalue weighted by molar-refractivity contribution is 7.89. The molecule has 0 aromatic heterocycles. The molecule has 3 N–H and O–H groups in total. The van der Waals surface area contributed by atoms with Gasteiger partial charge in [0, 0.05) is 12.6 Å². The maximum Gasteiger partial charge on any atom is 0.337 e. The summed E-state index contributed by atoms with van der Waals surface area (Å²) >= 11 is 0. The zero-order valence-corrected chi connectivity index (χ0v) is 14.5. The minimum absolute atomic E-state index is 0. The minimum Gasteiger partial charge on any atom is -0.465 e. The number of sulfonamides is 1. The van der Waals surface area contributed by atoms with E-state index in [0.29, 0.717) is 17.9 Å². The molecule has 126 valence electrons. The molecule has 0 aliphatic rings.